The molecule has 0 radical (unpaired) electrons. The monoisotopic (exact) mass is 263 g/mol. The van der Waals surface area contributed by atoms with E-state index in [4.69, 9.17) is 5.26 Å². The molecule has 0 aliphatic rings. The molecule has 1 nitrogen and oxygen atoms in total. The molecule has 0 heterocycles. The highest BCUT2D eigenvalue weighted by Gasteiger charge is 2.16. The van der Waals surface area contributed by atoms with Gasteiger partial charge in [-0.3, -0.25) is 0 Å². The Morgan fingerprint density at radius 3 is 2.35 bits per heavy atom. The number of nitriles is 1. The van der Waals surface area contributed by atoms with Crippen molar-refractivity contribution in [2.24, 2.45) is 5.92 Å². The number of aryl methyl sites for hydroxylation is 1. The Bertz CT molecular complexity index is 602. The zero-order chi connectivity index (χ0) is 14.5. The SMILES string of the molecule is Cc1ccc(C[C@@H](c2cccc(C#N)c2)C(C)C)cc1. The summed E-state index contributed by atoms with van der Waals surface area (Å²) in [5, 5.41) is 9.05. The van der Waals surface area contributed by atoms with Gasteiger partial charge in [-0.05, 0) is 48.4 Å². The average molecular weight is 263 g/mol. The smallest absolute Gasteiger partial charge is 0.0991 e. The van der Waals surface area contributed by atoms with Crippen LogP contribution in [0.1, 0.15) is 42.0 Å². The summed E-state index contributed by atoms with van der Waals surface area (Å²) in [6, 6.07) is 19.0. The first kappa shape index (κ1) is 14.3. The Kier molecular flexibility index (Phi) is 4.58. The number of rotatable bonds is 4. The lowest BCUT2D eigenvalue weighted by Crippen LogP contribution is -2.10. The van der Waals surface area contributed by atoms with Gasteiger partial charge in [-0.15, -0.1) is 0 Å². The lowest BCUT2D eigenvalue weighted by Gasteiger charge is -2.22. The van der Waals surface area contributed by atoms with Crippen molar-refractivity contribution >= 4 is 0 Å². The molecule has 2 rings (SSSR count). The van der Waals surface area contributed by atoms with E-state index in [0.717, 1.165) is 12.0 Å². The third-order valence-electron chi connectivity index (χ3n) is 3.82. The van der Waals surface area contributed by atoms with Crippen LogP contribution in [-0.4, -0.2) is 0 Å². The fraction of sp³-hybridized carbons (Fsp3) is 0.316. The molecule has 0 saturated carbocycles. The summed E-state index contributed by atoms with van der Waals surface area (Å²) in [6.07, 6.45) is 1.02. The molecule has 0 N–H and O–H groups in total. The van der Waals surface area contributed by atoms with Gasteiger partial charge in [0, 0.05) is 0 Å². The Labute approximate surface area is 121 Å². The Hall–Kier alpha value is -2.07. The average Bonchev–Trinajstić information content (AvgIpc) is 2.46. The van der Waals surface area contributed by atoms with Crippen molar-refractivity contribution in [1.82, 2.24) is 0 Å². The van der Waals surface area contributed by atoms with Gasteiger partial charge >= 0.3 is 0 Å². The minimum absolute atomic E-state index is 0.450. The Balaban J connectivity index is 2.27. The molecule has 0 fully saturated rings. The Morgan fingerprint density at radius 1 is 1.05 bits per heavy atom. The van der Waals surface area contributed by atoms with E-state index >= 15 is 0 Å². The summed E-state index contributed by atoms with van der Waals surface area (Å²) in [6.45, 7) is 6.61. The zero-order valence-electron chi connectivity index (χ0n) is 12.4. The second kappa shape index (κ2) is 6.39. The molecule has 102 valence electrons. The van der Waals surface area contributed by atoms with Gasteiger partial charge in [-0.2, -0.15) is 5.26 Å². The molecule has 0 spiro atoms. The van der Waals surface area contributed by atoms with E-state index in [2.05, 4.69) is 57.2 Å². The quantitative estimate of drug-likeness (QED) is 0.773. The minimum atomic E-state index is 0.450. The van der Waals surface area contributed by atoms with Crippen LogP contribution >= 0.6 is 0 Å². The van der Waals surface area contributed by atoms with Gasteiger partial charge in [0.2, 0.25) is 0 Å². The van der Waals surface area contributed by atoms with E-state index in [1.807, 2.05) is 18.2 Å². The standard InChI is InChI=1S/C19H21N/c1-14(2)19(12-16-9-7-15(3)8-10-16)18-6-4-5-17(11-18)13-20/h4-11,14,19H,12H2,1-3H3/t19-/m1/s1. The van der Waals surface area contributed by atoms with E-state index < -0.39 is 0 Å². The number of nitrogens with zero attached hydrogens (tertiary/aromatic N) is 1. The van der Waals surface area contributed by atoms with E-state index in [0.29, 0.717) is 11.8 Å². The number of hydrogen-bond donors (Lipinski definition) is 0. The van der Waals surface area contributed by atoms with Gasteiger partial charge in [0.25, 0.3) is 0 Å². The van der Waals surface area contributed by atoms with Crippen LogP contribution in [0.25, 0.3) is 0 Å². The largest absolute Gasteiger partial charge is 0.192 e. The first-order valence-corrected chi connectivity index (χ1v) is 7.15. The second-order valence-electron chi connectivity index (χ2n) is 5.78. The van der Waals surface area contributed by atoms with Crippen molar-refractivity contribution in [2.75, 3.05) is 0 Å². The molecule has 0 unspecified atom stereocenters. The maximum absolute atomic E-state index is 9.05. The molecule has 0 saturated heterocycles. The molecule has 2 aromatic carbocycles. The van der Waals surface area contributed by atoms with Gasteiger partial charge in [0.05, 0.1) is 11.6 Å². The van der Waals surface area contributed by atoms with Crippen LogP contribution in [0.15, 0.2) is 48.5 Å². The maximum Gasteiger partial charge on any atom is 0.0991 e. The van der Waals surface area contributed by atoms with Crippen molar-refractivity contribution in [2.45, 2.75) is 33.1 Å². The molecular weight excluding hydrogens is 242 g/mol. The lowest BCUT2D eigenvalue weighted by atomic mass is 9.83. The summed E-state index contributed by atoms with van der Waals surface area (Å²) in [5.41, 5.74) is 4.66. The van der Waals surface area contributed by atoms with E-state index in [1.165, 1.54) is 16.7 Å². The van der Waals surface area contributed by atoms with Crippen LogP contribution in [0.5, 0.6) is 0 Å². The van der Waals surface area contributed by atoms with Crippen molar-refractivity contribution < 1.29 is 0 Å². The third-order valence-corrected chi connectivity index (χ3v) is 3.82. The van der Waals surface area contributed by atoms with Crippen LogP contribution in [0.3, 0.4) is 0 Å². The Morgan fingerprint density at radius 2 is 1.75 bits per heavy atom. The predicted octanol–water partition coefficient (Wildman–Crippen LogP) is 4.85. The molecule has 0 amide bonds. The summed E-state index contributed by atoms with van der Waals surface area (Å²) in [4.78, 5) is 0. The summed E-state index contributed by atoms with van der Waals surface area (Å²) in [7, 11) is 0. The molecule has 0 aliphatic heterocycles. The fourth-order valence-corrected chi connectivity index (χ4v) is 2.56. The van der Waals surface area contributed by atoms with Crippen LogP contribution in [0.4, 0.5) is 0 Å². The topological polar surface area (TPSA) is 23.8 Å². The van der Waals surface area contributed by atoms with Crippen molar-refractivity contribution in [1.29, 1.82) is 5.26 Å². The molecule has 1 heteroatoms. The molecule has 0 aromatic heterocycles. The zero-order valence-corrected chi connectivity index (χ0v) is 12.4. The second-order valence-corrected chi connectivity index (χ2v) is 5.78. The van der Waals surface area contributed by atoms with Crippen molar-refractivity contribution in [3.05, 3.63) is 70.8 Å². The van der Waals surface area contributed by atoms with E-state index in [9.17, 15) is 0 Å². The van der Waals surface area contributed by atoms with Crippen LogP contribution in [0.2, 0.25) is 0 Å². The maximum atomic E-state index is 9.05. The summed E-state index contributed by atoms with van der Waals surface area (Å²) in [5.74, 6) is 0.997. The van der Waals surface area contributed by atoms with Gasteiger partial charge in [-0.1, -0.05) is 55.8 Å². The van der Waals surface area contributed by atoms with Crippen LogP contribution < -0.4 is 0 Å². The van der Waals surface area contributed by atoms with Crippen LogP contribution in [-0.2, 0) is 6.42 Å². The molecule has 0 bridgehead atoms. The molecule has 0 aliphatic carbocycles. The van der Waals surface area contributed by atoms with Crippen molar-refractivity contribution in [3.8, 4) is 6.07 Å². The van der Waals surface area contributed by atoms with E-state index in [1.54, 1.807) is 0 Å². The van der Waals surface area contributed by atoms with E-state index in [-0.39, 0.29) is 0 Å². The normalized spacial score (nSPS) is 12.2. The van der Waals surface area contributed by atoms with Crippen LogP contribution in [0, 0.1) is 24.2 Å². The van der Waals surface area contributed by atoms with Gasteiger partial charge in [0.1, 0.15) is 0 Å². The minimum Gasteiger partial charge on any atom is -0.192 e. The van der Waals surface area contributed by atoms with Gasteiger partial charge < -0.3 is 0 Å². The number of hydrogen-bond acceptors (Lipinski definition) is 1. The first-order valence-electron chi connectivity index (χ1n) is 7.15. The molecule has 1 atom stereocenters. The molecule has 2 aromatic rings. The summed E-state index contributed by atoms with van der Waals surface area (Å²) >= 11 is 0. The third kappa shape index (κ3) is 3.48. The number of benzene rings is 2. The fourth-order valence-electron chi connectivity index (χ4n) is 2.56. The first-order chi connectivity index (χ1) is 9.60. The van der Waals surface area contributed by atoms with Gasteiger partial charge in [0.15, 0.2) is 0 Å². The summed E-state index contributed by atoms with van der Waals surface area (Å²) < 4.78 is 0. The van der Waals surface area contributed by atoms with Gasteiger partial charge in [-0.25, -0.2) is 0 Å². The predicted molar refractivity (Wildman–Crippen MR) is 83.6 cm³/mol. The highest BCUT2D eigenvalue weighted by Crippen LogP contribution is 2.29. The molecule has 20 heavy (non-hydrogen) atoms. The highest BCUT2D eigenvalue weighted by atomic mass is 14.2. The lowest BCUT2D eigenvalue weighted by molar-refractivity contribution is 0.495. The molecular formula is C19H21N. The van der Waals surface area contributed by atoms with Crippen molar-refractivity contribution in [3.63, 3.8) is 0 Å². The highest BCUT2D eigenvalue weighted by molar-refractivity contribution is 5.35.